The molecule has 4 heterocycles. The lowest BCUT2D eigenvalue weighted by Crippen LogP contribution is -2.38. The third-order valence-electron chi connectivity index (χ3n) is 6.60. The zero-order valence-electron chi connectivity index (χ0n) is 21.6. The van der Waals surface area contributed by atoms with Crippen molar-refractivity contribution >= 4 is 40.8 Å². The van der Waals surface area contributed by atoms with Gasteiger partial charge in [0.1, 0.15) is 11.6 Å². The number of ether oxygens (including phenoxy) is 1. The van der Waals surface area contributed by atoms with E-state index in [1.54, 1.807) is 36.5 Å². The van der Waals surface area contributed by atoms with Gasteiger partial charge in [-0.1, -0.05) is 18.2 Å². The zero-order valence-corrected chi connectivity index (χ0v) is 22.5. The van der Waals surface area contributed by atoms with E-state index in [0.717, 1.165) is 37.7 Å². The monoisotopic (exact) mass is 585 g/mol. The number of alkyl halides is 3. The van der Waals surface area contributed by atoms with E-state index in [-0.39, 0.29) is 17.1 Å². The Morgan fingerprint density at radius 1 is 1.12 bits per heavy atom. The Balaban J connectivity index is 1.18. The van der Waals surface area contributed by atoms with Crippen LogP contribution in [0, 0.1) is 5.92 Å². The minimum Gasteiger partial charge on any atom is -0.405 e. The first-order valence-corrected chi connectivity index (χ1v) is 13.6. The van der Waals surface area contributed by atoms with Crippen LogP contribution >= 0.6 is 11.8 Å². The number of nitrogens with two attached hydrogens (primary N) is 1. The van der Waals surface area contributed by atoms with E-state index in [0.29, 0.717) is 46.8 Å². The molecule has 14 heteroatoms. The van der Waals surface area contributed by atoms with E-state index in [9.17, 15) is 22.8 Å². The lowest BCUT2D eigenvalue weighted by Gasteiger charge is -2.32. The molecule has 0 saturated carbocycles. The molecule has 0 spiro atoms. The summed E-state index contributed by atoms with van der Waals surface area (Å²) in [5, 5.41) is 5.23. The smallest absolute Gasteiger partial charge is 0.405 e. The summed E-state index contributed by atoms with van der Waals surface area (Å²) in [5.74, 6) is 0.339. The second-order valence-electron chi connectivity index (χ2n) is 9.48. The van der Waals surface area contributed by atoms with E-state index in [2.05, 4.69) is 35.2 Å². The molecule has 0 atom stereocenters. The molecule has 2 aliphatic rings. The number of anilines is 2. The maximum Gasteiger partial charge on any atom is 0.573 e. The van der Waals surface area contributed by atoms with Crippen molar-refractivity contribution in [3.05, 3.63) is 64.8 Å². The average Bonchev–Trinajstić information content (AvgIpc) is 3.25. The minimum absolute atomic E-state index is 0.194. The van der Waals surface area contributed by atoms with Crippen molar-refractivity contribution in [2.75, 3.05) is 30.3 Å². The van der Waals surface area contributed by atoms with Crippen molar-refractivity contribution < 1.29 is 27.5 Å². The first-order valence-electron chi connectivity index (χ1n) is 12.8. The largest absolute Gasteiger partial charge is 0.573 e. The number of amides is 2. The second-order valence-corrected chi connectivity index (χ2v) is 10.5. The highest BCUT2D eigenvalue weighted by molar-refractivity contribution is 8.18. The molecule has 2 aromatic heterocycles. The number of thioether (sulfide) groups is 1. The van der Waals surface area contributed by atoms with E-state index in [4.69, 9.17) is 5.73 Å². The lowest BCUT2D eigenvalue weighted by atomic mass is 9.96. The Labute approximate surface area is 237 Å². The van der Waals surface area contributed by atoms with E-state index in [1.165, 1.54) is 18.2 Å². The van der Waals surface area contributed by atoms with Crippen molar-refractivity contribution in [3.63, 3.8) is 0 Å². The van der Waals surface area contributed by atoms with Crippen LogP contribution in [0.2, 0.25) is 0 Å². The number of imide groups is 1. The number of hydrogen-bond acceptors (Lipinski definition) is 10. The quantitative estimate of drug-likeness (QED) is 0.328. The molecule has 2 amide bonds. The van der Waals surface area contributed by atoms with Gasteiger partial charge in [0.2, 0.25) is 5.95 Å². The first-order chi connectivity index (χ1) is 19.6. The van der Waals surface area contributed by atoms with E-state index < -0.39 is 17.5 Å². The summed E-state index contributed by atoms with van der Waals surface area (Å²) in [6.07, 6.45) is 0.116. The number of rotatable bonds is 8. The Hall–Kier alpha value is -4.17. The molecule has 1 aromatic carbocycles. The highest BCUT2D eigenvalue weighted by atomic mass is 32.2. The Bertz CT molecular complexity index is 1480. The summed E-state index contributed by atoms with van der Waals surface area (Å²) in [7, 11) is 0. The molecule has 2 aliphatic heterocycles. The molecule has 0 unspecified atom stereocenters. The third kappa shape index (κ3) is 7.32. The van der Waals surface area contributed by atoms with Crippen molar-refractivity contribution in [3.8, 4) is 17.0 Å². The summed E-state index contributed by atoms with van der Waals surface area (Å²) in [6.45, 7) is 2.55. The fourth-order valence-electron chi connectivity index (χ4n) is 4.65. The standard InChI is InChI=1S/C27H26F3N7O3S/c28-27(29,30)40-20-4-2-1-3-19(20)23-17(5-6-22(31)35-23)15-32-14-16-8-11-37(12-9-16)25-33-10-7-18(34-25)13-21-24(38)36-26(39)41-21/h1-7,10,13,16,32H,8-9,11-12,14-15H2,(H2,31,35)(H,36,38,39)/b21-13-. The number of para-hydroxylation sites is 1. The van der Waals surface area contributed by atoms with Crippen molar-refractivity contribution in [1.82, 2.24) is 25.6 Å². The van der Waals surface area contributed by atoms with Crippen LogP contribution in [0.5, 0.6) is 5.75 Å². The van der Waals surface area contributed by atoms with Gasteiger partial charge >= 0.3 is 6.36 Å². The summed E-state index contributed by atoms with van der Waals surface area (Å²) in [5.41, 5.74) is 7.65. The van der Waals surface area contributed by atoms with Gasteiger partial charge < -0.3 is 20.7 Å². The van der Waals surface area contributed by atoms with Crippen LogP contribution < -0.4 is 26.0 Å². The molecule has 0 aliphatic carbocycles. The molecule has 10 nitrogen and oxygen atoms in total. The lowest BCUT2D eigenvalue weighted by molar-refractivity contribution is -0.274. The molecule has 41 heavy (non-hydrogen) atoms. The predicted molar refractivity (Wildman–Crippen MR) is 149 cm³/mol. The number of nitrogens with zero attached hydrogens (tertiary/aromatic N) is 4. The number of carbonyl (C=O) groups excluding carboxylic acids is 2. The molecule has 3 aromatic rings. The number of piperidine rings is 1. The maximum atomic E-state index is 13.0. The van der Waals surface area contributed by atoms with Crippen molar-refractivity contribution in [1.29, 1.82) is 0 Å². The number of benzene rings is 1. The molecule has 2 fully saturated rings. The third-order valence-corrected chi connectivity index (χ3v) is 7.41. The van der Waals surface area contributed by atoms with Crippen LogP contribution in [0.15, 0.2) is 53.6 Å². The Morgan fingerprint density at radius 2 is 1.90 bits per heavy atom. The van der Waals surface area contributed by atoms with Gasteiger partial charge in [-0.3, -0.25) is 14.9 Å². The van der Waals surface area contributed by atoms with Crippen LogP contribution in [0.1, 0.15) is 24.1 Å². The van der Waals surface area contributed by atoms with Gasteiger partial charge in [-0.05, 0) is 73.0 Å². The molecular formula is C27H26F3N7O3S. The van der Waals surface area contributed by atoms with Gasteiger partial charge in [0, 0.05) is 31.4 Å². The van der Waals surface area contributed by atoms with E-state index >= 15 is 0 Å². The number of pyridine rings is 1. The Kier molecular flexibility index (Phi) is 8.40. The number of halogens is 3. The number of hydrogen-bond donors (Lipinski definition) is 3. The Morgan fingerprint density at radius 3 is 2.63 bits per heavy atom. The van der Waals surface area contributed by atoms with Crippen LogP contribution in [0.4, 0.5) is 29.7 Å². The highest BCUT2D eigenvalue weighted by Gasteiger charge is 2.32. The van der Waals surface area contributed by atoms with Gasteiger partial charge in [-0.25, -0.2) is 15.0 Å². The summed E-state index contributed by atoms with van der Waals surface area (Å²) in [4.78, 5) is 38.8. The molecule has 4 N–H and O–H groups in total. The molecule has 0 radical (unpaired) electrons. The fraction of sp³-hybridized carbons (Fsp3) is 0.296. The van der Waals surface area contributed by atoms with Crippen molar-refractivity contribution in [2.45, 2.75) is 25.7 Å². The molecule has 2 saturated heterocycles. The highest BCUT2D eigenvalue weighted by Crippen LogP contribution is 2.35. The summed E-state index contributed by atoms with van der Waals surface area (Å²) in [6, 6.07) is 10.9. The number of nitrogen functional groups attached to an aromatic ring is 1. The number of carbonyl (C=O) groups is 2. The summed E-state index contributed by atoms with van der Waals surface area (Å²) < 4.78 is 43.1. The second kappa shape index (κ2) is 12.1. The summed E-state index contributed by atoms with van der Waals surface area (Å²) >= 11 is 0.838. The van der Waals surface area contributed by atoms with Crippen LogP contribution in [-0.2, 0) is 11.3 Å². The van der Waals surface area contributed by atoms with Crippen LogP contribution in [-0.4, -0.2) is 52.1 Å². The van der Waals surface area contributed by atoms with Gasteiger partial charge in [0.25, 0.3) is 11.1 Å². The minimum atomic E-state index is -4.83. The molecule has 0 bridgehead atoms. The topological polar surface area (TPSA) is 135 Å². The SMILES string of the molecule is Nc1ccc(CNCC2CCN(c3nccc(/C=C4\SC(=O)NC4=O)n3)CC2)c(-c2ccccc2OC(F)(F)F)n1. The van der Waals surface area contributed by atoms with Gasteiger partial charge in [-0.2, -0.15) is 0 Å². The molecule has 5 rings (SSSR count). The van der Waals surface area contributed by atoms with Crippen molar-refractivity contribution in [2.24, 2.45) is 5.92 Å². The predicted octanol–water partition coefficient (Wildman–Crippen LogP) is 4.35. The van der Waals surface area contributed by atoms with Crippen LogP contribution in [0.25, 0.3) is 17.3 Å². The van der Waals surface area contributed by atoms with E-state index in [1.807, 2.05) is 0 Å². The molecular weight excluding hydrogens is 559 g/mol. The zero-order chi connectivity index (χ0) is 29.0. The maximum absolute atomic E-state index is 13.0. The first kappa shape index (κ1) is 28.4. The van der Waals surface area contributed by atoms with Crippen LogP contribution in [0.3, 0.4) is 0 Å². The molecule has 214 valence electrons. The number of aromatic nitrogens is 3. The van der Waals surface area contributed by atoms with Gasteiger partial charge in [-0.15, -0.1) is 13.2 Å². The average molecular weight is 586 g/mol. The van der Waals surface area contributed by atoms with Gasteiger partial charge in [0.05, 0.1) is 16.3 Å². The normalized spacial score (nSPS) is 17.2. The fourth-order valence-corrected chi connectivity index (χ4v) is 5.32. The number of nitrogens with one attached hydrogen (secondary N) is 2. The van der Waals surface area contributed by atoms with Gasteiger partial charge in [0.15, 0.2) is 0 Å².